The van der Waals surface area contributed by atoms with Gasteiger partial charge in [-0.3, -0.25) is 14.5 Å². The number of imide groups is 1. The maximum absolute atomic E-state index is 13.8. The van der Waals surface area contributed by atoms with E-state index in [1.165, 1.54) is 18.2 Å². The van der Waals surface area contributed by atoms with E-state index >= 15 is 0 Å². The molecule has 32 heavy (non-hydrogen) atoms. The second-order valence-electron chi connectivity index (χ2n) is 6.47. The summed E-state index contributed by atoms with van der Waals surface area (Å²) in [6.07, 6.45) is 2.39. The summed E-state index contributed by atoms with van der Waals surface area (Å²) >= 11 is 12.4. The molecule has 1 saturated heterocycles. The molecule has 0 atom stereocenters. The molecule has 0 aliphatic carbocycles. The Labute approximate surface area is 194 Å². The van der Waals surface area contributed by atoms with E-state index in [4.69, 9.17) is 27.9 Å². The van der Waals surface area contributed by atoms with E-state index in [9.17, 15) is 18.4 Å². The summed E-state index contributed by atoms with van der Waals surface area (Å²) in [6.45, 7) is -0.0853. The Balaban J connectivity index is 1.54. The summed E-state index contributed by atoms with van der Waals surface area (Å²) in [5.74, 6) is -1.93. The number of hydrogen-bond donors (Lipinski definition) is 0. The van der Waals surface area contributed by atoms with E-state index in [1.54, 1.807) is 24.3 Å². The topological polar surface area (TPSA) is 72.4 Å². The first kappa shape index (κ1) is 22.2. The molecule has 11 heteroatoms. The number of carbonyl (C=O) groups excluding carboxylic acids is 2. The summed E-state index contributed by atoms with van der Waals surface area (Å²) in [6, 6.07) is 10.2. The predicted molar refractivity (Wildman–Crippen MR) is 116 cm³/mol. The molecule has 1 aliphatic rings. The summed E-state index contributed by atoms with van der Waals surface area (Å²) in [5, 5.41) is -0.533. The fourth-order valence-corrected chi connectivity index (χ4v) is 3.98. The molecule has 0 spiro atoms. The lowest BCUT2D eigenvalue weighted by Gasteiger charge is -2.13. The van der Waals surface area contributed by atoms with Crippen LogP contribution >= 0.6 is 35.0 Å². The van der Waals surface area contributed by atoms with Crippen LogP contribution in [0.25, 0.3) is 6.08 Å². The van der Waals surface area contributed by atoms with Gasteiger partial charge in [-0.15, -0.1) is 0 Å². The van der Waals surface area contributed by atoms with Crippen LogP contribution in [-0.2, 0) is 11.3 Å². The van der Waals surface area contributed by atoms with Crippen molar-refractivity contribution < 1.29 is 23.1 Å². The van der Waals surface area contributed by atoms with Crippen molar-refractivity contribution in [3.63, 3.8) is 0 Å². The molecule has 1 aliphatic heterocycles. The highest BCUT2D eigenvalue weighted by molar-refractivity contribution is 8.18. The zero-order chi connectivity index (χ0) is 22.8. The van der Waals surface area contributed by atoms with Gasteiger partial charge < -0.3 is 4.74 Å². The third-order valence-corrected chi connectivity index (χ3v) is 5.71. The lowest BCUT2D eigenvalue weighted by molar-refractivity contribution is -0.123. The number of carbonyl (C=O) groups is 2. The van der Waals surface area contributed by atoms with Gasteiger partial charge in [-0.25, -0.2) is 9.37 Å². The zero-order valence-electron chi connectivity index (χ0n) is 15.9. The van der Waals surface area contributed by atoms with Gasteiger partial charge in [0.05, 0.1) is 17.6 Å². The van der Waals surface area contributed by atoms with Crippen LogP contribution in [0.4, 0.5) is 13.6 Å². The smallest absolute Gasteiger partial charge is 0.293 e. The van der Waals surface area contributed by atoms with E-state index in [0.29, 0.717) is 11.1 Å². The second kappa shape index (κ2) is 9.23. The van der Waals surface area contributed by atoms with E-state index in [1.807, 2.05) is 0 Å². The van der Waals surface area contributed by atoms with Gasteiger partial charge in [-0.2, -0.15) is 9.37 Å². The highest BCUT2D eigenvalue weighted by atomic mass is 35.5. The van der Waals surface area contributed by atoms with Crippen molar-refractivity contribution in [2.45, 2.75) is 6.54 Å². The maximum Gasteiger partial charge on any atom is 0.293 e. The van der Waals surface area contributed by atoms with Crippen molar-refractivity contribution in [2.75, 3.05) is 0 Å². The number of aromatic nitrogens is 2. The first-order valence-corrected chi connectivity index (χ1v) is 10.5. The van der Waals surface area contributed by atoms with Gasteiger partial charge in [0.25, 0.3) is 17.0 Å². The Morgan fingerprint density at radius 3 is 2.72 bits per heavy atom. The Morgan fingerprint density at radius 1 is 1.12 bits per heavy atom. The molecule has 2 aromatic carbocycles. The quantitative estimate of drug-likeness (QED) is 0.316. The minimum Gasteiger partial charge on any atom is -0.436 e. The van der Waals surface area contributed by atoms with Crippen molar-refractivity contribution >= 4 is 52.2 Å². The fourth-order valence-electron chi connectivity index (χ4n) is 2.79. The minimum atomic E-state index is -0.791. The standard InChI is InChI=1S/C21H11Cl2F2N3O3S/c22-15-8-13(24)5-4-12(15)10-28-19(29)17(32-21(28)30)7-11-2-1-3-14(6-11)31-18-16(25)9-26-20(23)27-18/h1-9H,10H2/b17-7+. The second-order valence-corrected chi connectivity index (χ2v) is 8.21. The average Bonchev–Trinajstić information content (AvgIpc) is 3.00. The average molecular weight is 494 g/mol. The first-order valence-electron chi connectivity index (χ1n) is 8.95. The molecular weight excluding hydrogens is 483 g/mol. The van der Waals surface area contributed by atoms with Crippen LogP contribution < -0.4 is 4.74 Å². The normalized spacial score (nSPS) is 15.0. The van der Waals surface area contributed by atoms with Crippen LogP contribution in [-0.4, -0.2) is 26.0 Å². The number of benzene rings is 2. The zero-order valence-corrected chi connectivity index (χ0v) is 18.2. The monoisotopic (exact) mass is 493 g/mol. The molecule has 6 nitrogen and oxygen atoms in total. The molecule has 0 N–H and O–H groups in total. The van der Waals surface area contributed by atoms with Crippen molar-refractivity contribution in [2.24, 2.45) is 0 Å². The number of amides is 2. The highest BCUT2D eigenvalue weighted by Crippen LogP contribution is 2.35. The molecule has 3 aromatic rings. The number of rotatable bonds is 5. The SMILES string of the molecule is O=C1S/C(=C/c2cccc(Oc3nc(Cl)ncc3F)c2)C(=O)N1Cc1ccc(F)cc1Cl. The third kappa shape index (κ3) is 4.90. The number of hydrogen-bond acceptors (Lipinski definition) is 6. The molecule has 1 fully saturated rings. The number of ether oxygens (including phenoxy) is 1. The molecule has 4 rings (SSSR count). The van der Waals surface area contributed by atoms with Crippen LogP contribution in [0.2, 0.25) is 10.3 Å². The van der Waals surface area contributed by atoms with Gasteiger partial charge in [0, 0.05) is 5.02 Å². The largest absolute Gasteiger partial charge is 0.436 e. The number of thioether (sulfide) groups is 1. The van der Waals surface area contributed by atoms with Gasteiger partial charge >= 0.3 is 0 Å². The summed E-state index contributed by atoms with van der Waals surface area (Å²) in [4.78, 5) is 33.5. The van der Waals surface area contributed by atoms with Gasteiger partial charge in [0.15, 0.2) is 0 Å². The first-order chi connectivity index (χ1) is 15.3. The van der Waals surface area contributed by atoms with E-state index < -0.39 is 22.8 Å². The molecule has 0 saturated carbocycles. The van der Waals surface area contributed by atoms with Crippen LogP contribution in [0, 0.1) is 11.6 Å². The van der Waals surface area contributed by atoms with Crippen molar-refractivity contribution in [3.8, 4) is 11.6 Å². The highest BCUT2D eigenvalue weighted by Gasteiger charge is 2.35. The van der Waals surface area contributed by atoms with Crippen molar-refractivity contribution in [3.05, 3.63) is 86.6 Å². The summed E-state index contributed by atoms with van der Waals surface area (Å²) in [7, 11) is 0. The van der Waals surface area contributed by atoms with Gasteiger partial charge in [-0.05, 0) is 64.8 Å². The number of halogens is 4. The number of nitrogens with zero attached hydrogens (tertiary/aromatic N) is 3. The molecule has 2 heterocycles. The Bertz CT molecular complexity index is 1270. The van der Waals surface area contributed by atoms with Crippen LogP contribution in [0.5, 0.6) is 11.6 Å². The minimum absolute atomic E-state index is 0.0853. The van der Waals surface area contributed by atoms with E-state index in [-0.39, 0.29) is 33.4 Å². The van der Waals surface area contributed by atoms with Crippen molar-refractivity contribution in [1.82, 2.24) is 14.9 Å². The summed E-state index contributed by atoms with van der Waals surface area (Å²) in [5.41, 5.74) is 0.978. The van der Waals surface area contributed by atoms with Crippen LogP contribution in [0.15, 0.2) is 53.6 Å². The molecule has 162 valence electrons. The molecule has 1 aromatic heterocycles. The Morgan fingerprint density at radius 2 is 1.94 bits per heavy atom. The van der Waals surface area contributed by atoms with Gasteiger partial charge in [-0.1, -0.05) is 29.8 Å². The van der Waals surface area contributed by atoms with Gasteiger partial charge in [0.1, 0.15) is 11.6 Å². The molecule has 2 amide bonds. The van der Waals surface area contributed by atoms with Crippen molar-refractivity contribution in [1.29, 1.82) is 0 Å². The lowest BCUT2D eigenvalue weighted by Crippen LogP contribution is -2.27. The fraction of sp³-hybridized carbons (Fsp3) is 0.0476. The van der Waals surface area contributed by atoms with E-state index in [2.05, 4.69) is 9.97 Å². The third-order valence-electron chi connectivity index (χ3n) is 4.27. The predicted octanol–water partition coefficient (Wildman–Crippen LogP) is 6.09. The molecule has 0 radical (unpaired) electrons. The molecule has 0 bridgehead atoms. The van der Waals surface area contributed by atoms with Crippen LogP contribution in [0.3, 0.4) is 0 Å². The Kier molecular flexibility index (Phi) is 6.40. The van der Waals surface area contributed by atoms with Crippen LogP contribution in [0.1, 0.15) is 11.1 Å². The molecular formula is C21H11Cl2F2N3O3S. The summed E-state index contributed by atoms with van der Waals surface area (Å²) < 4.78 is 32.5. The Hall–Kier alpha value is -3.01. The maximum atomic E-state index is 13.8. The molecule has 0 unspecified atom stereocenters. The van der Waals surface area contributed by atoms with E-state index in [0.717, 1.165) is 28.9 Å². The van der Waals surface area contributed by atoms with Gasteiger partial charge in [0.2, 0.25) is 11.1 Å². The lowest BCUT2D eigenvalue weighted by atomic mass is 10.2.